The number of aromatic nitrogens is 1. The highest BCUT2D eigenvalue weighted by Gasteiger charge is 2.20. The first-order valence-electron chi connectivity index (χ1n) is 6.01. The summed E-state index contributed by atoms with van der Waals surface area (Å²) in [6.45, 7) is 1.09. The predicted octanol–water partition coefficient (Wildman–Crippen LogP) is 0.407. The molecule has 0 radical (unpaired) electrons. The molecule has 1 aliphatic rings. The maximum Gasteiger partial charge on any atom is 0.297 e. The molecular formula is C11H19N3O3S. The standard InChI is InChI=1S/C11H19N3O3S/c1-14(5-6-18(2,15)16)11-13-10(8-17-11)7-12-9-3-4-9/h8-9,12H,3-7H2,1-2H3. The first-order chi connectivity index (χ1) is 8.44. The van der Waals surface area contributed by atoms with Crippen LogP contribution in [-0.2, 0) is 16.4 Å². The summed E-state index contributed by atoms with van der Waals surface area (Å²) < 4.78 is 27.5. The Morgan fingerprint density at radius 2 is 2.28 bits per heavy atom. The second-order valence-electron chi connectivity index (χ2n) is 4.83. The lowest BCUT2D eigenvalue weighted by Crippen LogP contribution is -2.25. The number of nitrogens with one attached hydrogen (secondary N) is 1. The number of rotatable bonds is 7. The van der Waals surface area contributed by atoms with Crippen LogP contribution in [0.2, 0.25) is 0 Å². The van der Waals surface area contributed by atoms with Crippen molar-refractivity contribution in [2.75, 3.05) is 30.5 Å². The van der Waals surface area contributed by atoms with Crippen molar-refractivity contribution in [2.45, 2.75) is 25.4 Å². The van der Waals surface area contributed by atoms with Crippen molar-refractivity contribution in [3.8, 4) is 0 Å². The SMILES string of the molecule is CN(CCS(C)(=O)=O)c1nc(CNC2CC2)co1. The van der Waals surface area contributed by atoms with E-state index in [-0.39, 0.29) is 5.75 Å². The van der Waals surface area contributed by atoms with Gasteiger partial charge in [-0.3, -0.25) is 0 Å². The number of anilines is 1. The summed E-state index contributed by atoms with van der Waals surface area (Å²) in [5, 5.41) is 3.34. The Bertz CT molecular complexity index is 493. The highest BCUT2D eigenvalue weighted by atomic mass is 32.2. The fourth-order valence-electron chi connectivity index (χ4n) is 1.49. The molecule has 1 aromatic rings. The topological polar surface area (TPSA) is 75.4 Å². The second kappa shape index (κ2) is 5.27. The Balaban J connectivity index is 1.83. The van der Waals surface area contributed by atoms with E-state index in [1.54, 1.807) is 18.2 Å². The maximum atomic E-state index is 11.1. The summed E-state index contributed by atoms with van der Waals surface area (Å²) >= 11 is 0. The molecule has 1 heterocycles. The highest BCUT2D eigenvalue weighted by molar-refractivity contribution is 7.90. The molecule has 7 heteroatoms. The summed E-state index contributed by atoms with van der Waals surface area (Å²) in [7, 11) is -1.18. The van der Waals surface area contributed by atoms with Crippen LogP contribution < -0.4 is 10.2 Å². The molecule has 1 fully saturated rings. The van der Waals surface area contributed by atoms with Crippen molar-refractivity contribution in [1.29, 1.82) is 0 Å². The van der Waals surface area contributed by atoms with E-state index in [1.807, 2.05) is 0 Å². The van der Waals surface area contributed by atoms with Crippen molar-refractivity contribution in [3.05, 3.63) is 12.0 Å². The van der Waals surface area contributed by atoms with Gasteiger partial charge in [-0.05, 0) is 12.8 Å². The predicted molar refractivity (Wildman–Crippen MR) is 69.3 cm³/mol. The number of hydrogen-bond acceptors (Lipinski definition) is 6. The summed E-state index contributed by atoms with van der Waals surface area (Å²) in [5.41, 5.74) is 0.850. The van der Waals surface area contributed by atoms with Crippen LogP contribution >= 0.6 is 0 Å². The molecule has 0 aromatic carbocycles. The molecule has 1 aliphatic carbocycles. The Kier molecular flexibility index (Phi) is 3.91. The third-order valence-electron chi connectivity index (χ3n) is 2.81. The molecule has 102 valence electrons. The van der Waals surface area contributed by atoms with Crippen LogP contribution in [0.5, 0.6) is 0 Å². The van der Waals surface area contributed by atoms with Crippen LogP contribution in [0.25, 0.3) is 0 Å². The third kappa shape index (κ3) is 4.30. The van der Waals surface area contributed by atoms with Crippen molar-refractivity contribution in [2.24, 2.45) is 0 Å². The summed E-state index contributed by atoms with van der Waals surface area (Å²) in [5.74, 6) is 0.0987. The van der Waals surface area contributed by atoms with Crippen LogP contribution in [0.15, 0.2) is 10.7 Å². The van der Waals surface area contributed by atoms with Gasteiger partial charge in [0.1, 0.15) is 16.1 Å². The zero-order chi connectivity index (χ0) is 13.2. The van der Waals surface area contributed by atoms with Gasteiger partial charge in [0.15, 0.2) is 0 Å². The first-order valence-corrected chi connectivity index (χ1v) is 8.07. The van der Waals surface area contributed by atoms with Gasteiger partial charge in [-0.2, -0.15) is 4.98 Å². The molecule has 0 saturated heterocycles. The Morgan fingerprint density at radius 1 is 1.56 bits per heavy atom. The minimum Gasteiger partial charge on any atom is -0.432 e. The van der Waals surface area contributed by atoms with Crippen molar-refractivity contribution < 1.29 is 12.8 Å². The van der Waals surface area contributed by atoms with E-state index in [0.717, 1.165) is 5.69 Å². The molecule has 2 rings (SSSR count). The van der Waals surface area contributed by atoms with Crippen LogP contribution in [-0.4, -0.2) is 45.0 Å². The second-order valence-corrected chi connectivity index (χ2v) is 7.09. The van der Waals surface area contributed by atoms with Crippen molar-refractivity contribution in [1.82, 2.24) is 10.3 Å². The van der Waals surface area contributed by atoms with Gasteiger partial charge in [-0.1, -0.05) is 0 Å². The van der Waals surface area contributed by atoms with Crippen molar-refractivity contribution >= 4 is 15.9 Å². The molecule has 1 saturated carbocycles. The molecule has 0 atom stereocenters. The zero-order valence-corrected chi connectivity index (χ0v) is 11.5. The van der Waals surface area contributed by atoms with Crippen LogP contribution in [0, 0.1) is 0 Å². The van der Waals surface area contributed by atoms with E-state index in [2.05, 4.69) is 10.3 Å². The molecule has 0 aliphatic heterocycles. The average molecular weight is 273 g/mol. The van der Waals surface area contributed by atoms with Gasteiger partial charge in [0.05, 0.1) is 11.4 Å². The minimum absolute atomic E-state index is 0.0987. The molecular weight excluding hydrogens is 254 g/mol. The van der Waals surface area contributed by atoms with E-state index in [1.165, 1.54) is 19.1 Å². The molecule has 0 amide bonds. The monoisotopic (exact) mass is 273 g/mol. The average Bonchev–Trinajstić information content (AvgIpc) is 3.00. The first kappa shape index (κ1) is 13.4. The summed E-state index contributed by atoms with van der Waals surface area (Å²) in [4.78, 5) is 6.02. The van der Waals surface area contributed by atoms with Gasteiger partial charge in [-0.25, -0.2) is 8.42 Å². The number of sulfone groups is 1. The van der Waals surface area contributed by atoms with Gasteiger partial charge in [0.25, 0.3) is 6.01 Å². The van der Waals surface area contributed by atoms with Gasteiger partial charge in [-0.15, -0.1) is 0 Å². The molecule has 18 heavy (non-hydrogen) atoms. The van der Waals surface area contributed by atoms with Crippen LogP contribution in [0.1, 0.15) is 18.5 Å². The molecule has 1 N–H and O–H groups in total. The van der Waals surface area contributed by atoms with E-state index in [9.17, 15) is 8.42 Å². The lowest BCUT2D eigenvalue weighted by molar-refractivity contribution is 0.545. The van der Waals surface area contributed by atoms with Crippen LogP contribution in [0.4, 0.5) is 6.01 Å². The van der Waals surface area contributed by atoms with Gasteiger partial charge < -0.3 is 14.6 Å². The van der Waals surface area contributed by atoms with E-state index in [0.29, 0.717) is 25.1 Å². The maximum absolute atomic E-state index is 11.1. The number of nitrogens with zero attached hydrogens (tertiary/aromatic N) is 2. The number of hydrogen-bond donors (Lipinski definition) is 1. The Labute approximate surface area is 107 Å². The van der Waals surface area contributed by atoms with Gasteiger partial charge >= 0.3 is 0 Å². The third-order valence-corrected chi connectivity index (χ3v) is 3.74. The Morgan fingerprint density at radius 3 is 2.89 bits per heavy atom. The van der Waals surface area contributed by atoms with E-state index < -0.39 is 9.84 Å². The fourth-order valence-corrected chi connectivity index (χ4v) is 2.09. The van der Waals surface area contributed by atoms with Gasteiger partial charge in [0, 0.05) is 32.4 Å². The molecule has 6 nitrogen and oxygen atoms in total. The zero-order valence-electron chi connectivity index (χ0n) is 10.7. The smallest absolute Gasteiger partial charge is 0.297 e. The molecule has 0 bridgehead atoms. The quantitative estimate of drug-likeness (QED) is 0.775. The molecule has 0 unspecified atom stereocenters. The van der Waals surface area contributed by atoms with Crippen LogP contribution in [0.3, 0.4) is 0 Å². The van der Waals surface area contributed by atoms with Crippen molar-refractivity contribution in [3.63, 3.8) is 0 Å². The lowest BCUT2D eigenvalue weighted by Gasteiger charge is -2.12. The van der Waals surface area contributed by atoms with Gasteiger partial charge in [0.2, 0.25) is 0 Å². The van der Waals surface area contributed by atoms with E-state index in [4.69, 9.17) is 4.42 Å². The summed E-state index contributed by atoms with van der Waals surface area (Å²) in [6, 6.07) is 1.10. The normalized spacial score (nSPS) is 15.9. The summed E-state index contributed by atoms with van der Waals surface area (Å²) in [6.07, 6.45) is 5.31. The highest BCUT2D eigenvalue weighted by Crippen LogP contribution is 2.19. The fraction of sp³-hybridized carbons (Fsp3) is 0.727. The minimum atomic E-state index is -2.96. The largest absolute Gasteiger partial charge is 0.432 e. The molecule has 1 aromatic heterocycles. The van der Waals surface area contributed by atoms with E-state index >= 15 is 0 Å². The molecule has 0 spiro atoms. The number of oxazole rings is 1. The lowest BCUT2D eigenvalue weighted by atomic mass is 10.5. The Hall–Kier alpha value is -1.08.